The lowest BCUT2D eigenvalue weighted by Gasteiger charge is -2.05. The Labute approximate surface area is 119 Å². The third kappa shape index (κ3) is 4.09. The molecule has 0 radical (unpaired) electrons. The van der Waals surface area contributed by atoms with Gasteiger partial charge in [-0.25, -0.2) is 4.39 Å². The van der Waals surface area contributed by atoms with Crippen LogP contribution in [0.3, 0.4) is 0 Å². The molecule has 0 aliphatic heterocycles. The molecule has 2 rings (SSSR count). The van der Waals surface area contributed by atoms with Crippen LogP contribution in [0.4, 0.5) is 4.39 Å². The summed E-state index contributed by atoms with van der Waals surface area (Å²) in [4.78, 5) is 12.1. The number of aliphatic hydroxyl groups excluding tert-OH is 1. The Bertz CT molecular complexity index is 676. The molecule has 1 heterocycles. The first-order valence-corrected chi connectivity index (χ1v) is 6.10. The second-order valence-corrected chi connectivity index (χ2v) is 3.98. The number of aromatic amines is 1. The maximum atomic E-state index is 13.3. The number of carbonyl (C=O) groups is 1. The molecule has 0 fully saturated rings. The molecule has 0 saturated carbocycles. The van der Waals surface area contributed by atoms with Crippen molar-refractivity contribution in [1.29, 1.82) is 0 Å². The van der Waals surface area contributed by atoms with Gasteiger partial charge in [0.05, 0.1) is 18.7 Å². The van der Waals surface area contributed by atoms with E-state index in [0.717, 1.165) is 6.07 Å². The molecular weight excluding hydrogens is 277 g/mol. The molecule has 0 spiro atoms. The second-order valence-electron chi connectivity index (χ2n) is 3.98. The fraction of sp³-hybridized carbons (Fsp3) is 0.231. The van der Waals surface area contributed by atoms with Crippen LogP contribution < -0.4 is 5.32 Å². The average molecular weight is 289 g/mol. The van der Waals surface area contributed by atoms with Gasteiger partial charge in [-0.3, -0.25) is 4.79 Å². The number of hydrogen-bond acceptors (Lipinski definition) is 5. The van der Waals surface area contributed by atoms with Gasteiger partial charge in [0.25, 0.3) is 5.91 Å². The van der Waals surface area contributed by atoms with E-state index in [2.05, 4.69) is 37.8 Å². The summed E-state index contributed by atoms with van der Waals surface area (Å²) in [7, 11) is 0. The molecule has 0 atom stereocenters. The Morgan fingerprint density at radius 3 is 3.05 bits per heavy atom. The van der Waals surface area contributed by atoms with Gasteiger partial charge in [0.2, 0.25) is 0 Å². The number of halogens is 1. The Hall–Kier alpha value is -2.79. The third-order valence-corrected chi connectivity index (χ3v) is 2.48. The van der Waals surface area contributed by atoms with Gasteiger partial charge in [-0.2, -0.15) is 5.21 Å². The van der Waals surface area contributed by atoms with Gasteiger partial charge in [0, 0.05) is 12.0 Å². The van der Waals surface area contributed by atoms with Crippen LogP contribution in [0.5, 0.6) is 0 Å². The van der Waals surface area contributed by atoms with Crippen molar-refractivity contribution in [1.82, 2.24) is 25.9 Å². The first kappa shape index (κ1) is 14.6. The fourth-order valence-electron chi connectivity index (χ4n) is 1.54. The van der Waals surface area contributed by atoms with E-state index in [0.29, 0.717) is 11.4 Å². The van der Waals surface area contributed by atoms with Crippen molar-refractivity contribution in [2.75, 3.05) is 6.61 Å². The predicted octanol–water partition coefficient (Wildman–Crippen LogP) is 0.00270. The first-order valence-electron chi connectivity index (χ1n) is 6.10. The number of aliphatic hydroxyl groups is 1. The molecule has 0 bridgehead atoms. The standard InChI is InChI=1S/C13H12FN5O2/c14-10-5-4-9(3-1-2-6-20)11(7-10)13(21)15-8-12-16-18-19-17-12/h4-5,7,20H,2,6,8H2,(H,15,21)(H,16,17,18,19). The van der Waals surface area contributed by atoms with E-state index in [1.54, 1.807) is 0 Å². The molecule has 2 aromatic rings. The average Bonchev–Trinajstić information content (AvgIpc) is 3.00. The highest BCUT2D eigenvalue weighted by atomic mass is 19.1. The quantitative estimate of drug-likeness (QED) is 0.687. The zero-order valence-electron chi connectivity index (χ0n) is 10.9. The van der Waals surface area contributed by atoms with E-state index >= 15 is 0 Å². The van der Waals surface area contributed by atoms with Crippen molar-refractivity contribution in [3.05, 3.63) is 41.0 Å². The summed E-state index contributed by atoms with van der Waals surface area (Å²) in [5.41, 5.74) is 0.499. The van der Waals surface area contributed by atoms with Gasteiger partial charge in [0.1, 0.15) is 5.82 Å². The van der Waals surface area contributed by atoms with Crippen LogP contribution in [-0.2, 0) is 6.54 Å². The number of nitrogens with one attached hydrogen (secondary N) is 2. The van der Waals surface area contributed by atoms with E-state index in [4.69, 9.17) is 5.11 Å². The summed E-state index contributed by atoms with van der Waals surface area (Å²) in [6.07, 6.45) is 0.279. The van der Waals surface area contributed by atoms with Crippen molar-refractivity contribution in [3.63, 3.8) is 0 Å². The summed E-state index contributed by atoms with van der Waals surface area (Å²) < 4.78 is 13.3. The second kappa shape index (κ2) is 7.12. The molecule has 0 unspecified atom stereocenters. The number of benzene rings is 1. The van der Waals surface area contributed by atoms with Crippen molar-refractivity contribution in [2.45, 2.75) is 13.0 Å². The van der Waals surface area contributed by atoms with E-state index in [-0.39, 0.29) is 25.1 Å². The minimum absolute atomic E-state index is 0.0648. The molecule has 3 N–H and O–H groups in total. The summed E-state index contributed by atoms with van der Waals surface area (Å²) >= 11 is 0. The molecule has 0 aliphatic carbocycles. The number of rotatable bonds is 4. The van der Waals surface area contributed by atoms with Crippen LogP contribution in [0.15, 0.2) is 18.2 Å². The third-order valence-electron chi connectivity index (χ3n) is 2.48. The van der Waals surface area contributed by atoms with Gasteiger partial charge >= 0.3 is 0 Å². The smallest absolute Gasteiger partial charge is 0.253 e. The monoisotopic (exact) mass is 289 g/mol. The molecule has 0 saturated heterocycles. The van der Waals surface area contributed by atoms with E-state index in [1.807, 2.05) is 0 Å². The molecule has 7 nitrogen and oxygen atoms in total. The Kier molecular flexibility index (Phi) is 4.95. The number of tetrazole rings is 1. The maximum Gasteiger partial charge on any atom is 0.253 e. The summed E-state index contributed by atoms with van der Waals surface area (Å²) in [6.45, 7) is -0.0110. The van der Waals surface area contributed by atoms with Gasteiger partial charge in [-0.1, -0.05) is 17.1 Å². The van der Waals surface area contributed by atoms with Crippen LogP contribution in [0.1, 0.15) is 28.2 Å². The number of carbonyl (C=O) groups excluding carboxylic acids is 1. The van der Waals surface area contributed by atoms with E-state index in [9.17, 15) is 9.18 Å². The fourth-order valence-corrected chi connectivity index (χ4v) is 1.54. The van der Waals surface area contributed by atoms with Crippen molar-refractivity contribution in [3.8, 4) is 11.8 Å². The Balaban J connectivity index is 2.15. The highest BCUT2D eigenvalue weighted by Crippen LogP contribution is 2.10. The van der Waals surface area contributed by atoms with Gasteiger partial charge in [-0.15, -0.1) is 10.2 Å². The molecular formula is C13H12FN5O2. The molecule has 1 aromatic heterocycles. The number of H-pyrrole nitrogens is 1. The molecule has 1 aromatic carbocycles. The zero-order chi connectivity index (χ0) is 15.1. The lowest BCUT2D eigenvalue weighted by molar-refractivity contribution is 0.0949. The largest absolute Gasteiger partial charge is 0.395 e. The summed E-state index contributed by atoms with van der Waals surface area (Å²) in [5.74, 6) is 4.71. The summed E-state index contributed by atoms with van der Waals surface area (Å²) in [5, 5.41) is 24.2. The van der Waals surface area contributed by atoms with Gasteiger partial charge in [-0.05, 0) is 18.2 Å². The number of aromatic nitrogens is 4. The molecule has 21 heavy (non-hydrogen) atoms. The van der Waals surface area contributed by atoms with E-state index < -0.39 is 11.7 Å². The molecule has 108 valence electrons. The van der Waals surface area contributed by atoms with Crippen LogP contribution >= 0.6 is 0 Å². The van der Waals surface area contributed by atoms with Crippen LogP contribution in [0, 0.1) is 17.7 Å². The molecule has 8 heteroatoms. The van der Waals surface area contributed by atoms with Gasteiger partial charge in [0.15, 0.2) is 5.82 Å². The zero-order valence-corrected chi connectivity index (χ0v) is 10.9. The molecule has 1 amide bonds. The maximum absolute atomic E-state index is 13.3. The molecule has 0 aliphatic rings. The highest BCUT2D eigenvalue weighted by Gasteiger charge is 2.12. The normalized spacial score (nSPS) is 9.81. The van der Waals surface area contributed by atoms with Crippen molar-refractivity contribution < 1.29 is 14.3 Å². The Morgan fingerprint density at radius 1 is 1.48 bits per heavy atom. The lowest BCUT2D eigenvalue weighted by Crippen LogP contribution is -2.24. The predicted molar refractivity (Wildman–Crippen MR) is 70.3 cm³/mol. The van der Waals surface area contributed by atoms with Crippen LogP contribution in [0.25, 0.3) is 0 Å². The van der Waals surface area contributed by atoms with E-state index in [1.165, 1.54) is 12.1 Å². The van der Waals surface area contributed by atoms with Gasteiger partial charge < -0.3 is 10.4 Å². The van der Waals surface area contributed by atoms with Crippen LogP contribution in [-0.4, -0.2) is 38.2 Å². The lowest BCUT2D eigenvalue weighted by atomic mass is 10.1. The highest BCUT2D eigenvalue weighted by molar-refractivity contribution is 5.96. The first-order chi connectivity index (χ1) is 10.2. The minimum Gasteiger partial charge on any atom is -0.395 e. The SMILES string of the molecule is O=C(NCc1nn[nH]n1)c1cc(F)ccc1C#CCCO. The number of amides is 1. The van der Waals surface area contributed by atoms with Crippen molar-refractivity contribution >= 4 is 5.91 Å². The van der Waals surface area contributed by atoms with Crippen molar-refractivity contribution in [2.24, 2.45) is 0 Å². The van der Waals surface area contributed by atoms with Crippen LogP contribution in [0.2, 0.25) is 0 Å². The minimum atomic E-state index is -0.535. The number of hydrogen-bond donors (Lipinski definition) is 3. The summed E-state index contributed by atoms with van der Waals surface area (Å²) in [6, 6.07) is 3.75. The number of nitrogens with zero attached hydrogens (tertiary/aromatic N) is 3. The Morgan fingerprint density at radius 2 is 2.33 bits per heavy atom. The topological polar surface area (TPSA) is 104 Å².